The molecule has 0 radical (unpaired) electrons. The Balaban J connectivity index is 2.01. The summed E-state index contributed by atoms with van der Waals surface area (Å²) in [6.07, 6.45) is 2.80. The lowest BCUT2D eigenvalue weighted by Crippen LogP contribution is -2.26. The second kappa shape index (κ2) is 9.04. The van der Waals surface area contributed by atoms with Crippen LogP contribution in [0.2, 0.25) is 0 Å². The van der Waals surface area contributed by atoms with Gasteiger partial charge < -0.3 is 0 Å². The molecule has 10 nitrogen and oxygen atoms in total. The minimum Gasteiger partial charge on any atom is -0.279 e. The van der Waals surface area contributed by atoms with Crippen molar-refractivity contribution in [2.45, 2.75) is 0 Å². The van der Waals surface area contributed by atoms with Gasteiger partial charge in [-0.25, -0.2) is 0 Å². The first kappa shape index (κ1) is 19.5. The van der Waals surface area contributed by atoms with E-state index in [1.807, 2.05) is 0 Å². The summed E-state index contributed by atoms with van der Waals surface area (Å²) in [6, 6.07) is 12.6. The first-order chi connectivity index (χ1) is 12.9. The topological polar surface area (TPSA) is 117 Å². The van der Waals surface area contributed by atoms with Crippen LogP contribution >= 0.6 is 0 Å². The Labute approximate surface area is 155 Å². The Morgan fingerprint density at radius 1 is 0.815 bits per heavy atom. The van der Waals surface area contributed by atoms with Gasteiger partial charge in [0.2, 0.25) is 0 Å². The zero-order chi connectivity index (χ0) is 19.8. The third-order valence-electron chi connectivity index (χ3n) is 3.46. The van der Waals surface area contributed by atoms with E-state index in [1.165, 1.54) is 34.6 Å². The van der Waals surface area contributed by atoms with Crippen molar-refractivity contribution < 1.29 is 9.85 Å². The van der Waals surface area contributed by atoms with Gasteiger partial charge in [0.15, 0.2) is 0 Å². The van der Waals surface area contributed by atoms with Crippen molar-refractivity contribution in [3.05, 3.63) is 79.9 Å². The summed E-state index contributed by atoms with van der Waals surface area (Å²) in [6.45, 7) is 0.272. The van der Waals surface area contributed by atoms with E-state index >= 15 is 0 Å². The average Bonchev–Trinajstić information content (AvgIpc) is 2.65. The van der Waals surface area contributed by atoms with E-state index < -0.39 is 9.85 Å². The van der Waals surface area contributed by atoms with Gasteiger partial charge in [0, 0.05) is 26.2 Å². The van der Waals surface area contributed by atoms with Gasteiger partial charge in [0.25, 0.3) is 11.4 Å². The summed E-state index contributed by atoms with van der Waals surface area (Å²) >= 11 is 0. The van der Waals surface area contributed by atoms with Crippen molar-refractivity contribution in [3.63, 3.8) is 0 Å². The number of nitro groups is 2. The number of hydrazone groups is 2. The van der Waals surface area contributed by atoms with Crippen LogP contribution in [0.15, 0.2) is 58.7 Å². The van der Waals surface area contributed by atoms with Crippen LogP contribution in [-0.2, 0) is 0 Å². The molecule has 0 aliphatic heterocycles. The van der Waals surface area contributed by atoms with Crippen molar-refractivity contribution in [2.75, 3.05) is 20.8 Å². The normalized spacial score (nSPS) is 11.0. The maximum absolute atomic E-state index is 11.0. The molecule has 0 atom stereocenters. The number of nitrogens with zero attached hydrogens (tertiary/aromatic N) is 6. The van der Waals surface area contributed by atoms with E-state index in [4.69, 9.17) is 0 Å². The fraction of sp³-hybridized carbons (Fsp3) is 0.176. The van der Waals surface area contributed by atoms with Gasteiger partial charge >= 0.3 is 0 Å². The standard InChI is InChI=1S/C17H18N6O4/c1-20(18-11-14-7-3-5-9-16(14)22(24)25)13-21(2)19-12-15-8-4-6-10-17(15)23(26)27/h3-12H,13H2,1-2H3/b18-11-,19-12+. The zero-order valence-electron chi connectivity index (χ0n) is 14.8. The van der Waals surface area contributed by atoms with Crippen molar-refractivity contribution in [3.8, 4) is 0 Å². The first-order valence-electron chi connectivity index (χ1n) is 7.85. The van der Waals surface area contributed by atoms with Crippen LogP contribution in [0, 0.1) is 20.2 Å². The Kier molecular flexibility index (Phi) is 6.53. The van der Waals surface area contributed by atoms with Gasteiger partial charge in [-0.15, -0.1) is 0 Å². The van der Waals surface area contributed by atoms with Crippen molar-refractivity contribution in [1.82, 2.24) is 10.0 Å². The lowest BCUT2D eigenvalue weighted by molar-refractivity contribution is -0.385. The maximum Gasteiger partial charge on any atom is 0.278 e. The van der Waals surface area contributed by atoms with Crippen LogP contribution in [0.3, 0.4) is 0 Å². The Morgan fingerprint density at radius 3 is 1.56 bits per heavy atom. The molecule has 0 spiro atoms. The Morgan fingerprint density at radius 2 is 1.19 bits per heavy atom. The summed E-state index contributed by atoms with van der Waals surface area (Å²) in [5, 5.41) is 33.4. The number of nitro benzene ring substituents is 2. The molecule has 0 saturated heterocycles. The van der Waals surface area contributed by atoms with E-state index in [-0.39, 0.29) is 18.0 Å². The molecule has 2 aromatic rings. The van der Waals surface area contributed by atoms with Gasteiger partial charge in [-0.2, -0.15) is 10.2 Å². The number of rotatable bonds is 8. The predicted octanol–water partition coefficient (Wildman–Crippen LogP) is 2.69. The van der Waals surface area contributed by atoms with Gasteiger partial charge in [0.05, 0.1) is 33.4 Å². The van der Waals surface area contributed by atoms with Crippen molar-refractivity contribution >= 4 is 23.8 Å². The number of hydrogen-bond acceptors (Lipinski definition) is 8. The molecule has 0 aliphatic carbocycles. The number of para-hydroxylation sites is 2. The van der Waals surface area contributed by atoms with Crippen LogP contribution in [0.25, 0.3) is 0 Å². The lowest BCUT2D eigenvalue weighted by Gasteiger charge is -2.19. The molecule has 10 heteroatoms. The van der Waals surface area contributed by atoms with Crippen LogP contribution in [0.5, 0.6) is 0 Å². The molecule has 140 valence electrons. The number of benzene rings is 2. The monoisotopic (exact) mass is 370 g/mol. The van der Waals surface area contributed by atoms with Crippen LogP contribution in [-0.4, -0.2) is 53.1 Å². The van der Waals surface area contributed by atoms with E-state index in [1.54, 1.807) is 50.5 Å². The van der Waals surface area contributed by atoms with E-state index in [0.29, 0.717) is 11.1 Å². The van der Waals surface area contributed by atoms with E-state index in [0.717, 1.165) is 0 Å². The third-order valence-corrected chi connectivity index (χ3v) is 3.46. The molecule has 0 aromatic heterocycles. The highest BCUT2D eigenvalue weighted by molar-refractivity contribution is 5.85. The summed E-state index contributed by atoms with van der Waals surface area (Å²) in [4.78, 5) is 21.1. The highest BCUT2D eigenvalue weighted by atomic mass is 16.6. The fourth-order valence-electron chi connectivity index (χ4n) is 2.22. The minimum atomic E-state index is -0.468. The average molecular weight is 370 g/mol. The predicted molar refractivity (Wildman–Crippen MR) is 102 cm³/mol. The molecular formula is C17H18N6O4. The van der Waals surface area contributed by atoms with Crippen molar-refractivity contribution in [1.29, 1.82) is 0 Å². The highest BCUT2D eigenvalue weighted by Crippen LogP contribution is 2.16. The summed E-state index contributed by atoms with van der Waals surface area (Å²) in [7, 11) is 3.37. The smallest absolute Gasteiger partial charge is 0.278 e. The highest BCUT2D eigenvalue weighted by Gasteiger charge is 2.11. The first-order valence-corrected chi connectivity index (χ1v) is 7.85. The molecular weight excluding hydrogens is 352 g/mol. The lowest BCUT2D eigenvalue weighted by atomic mass is 10.2. The third kappa shape index (κ3) is 5.59. The maximum atomic E-state index is 11.0. The molecule has 0 unspecified atom stereocenters. The molecule has 0 fully saturated rings. The van der Waals surface area contributed by atoms with Crippen LogP contribution in [0.1, 0.15) is 11.1 Å². The van der Waals surface area contributed by atoms with Gasteiger partial charge in [0.1, 0.15) is 6.67 Å². The molecule has 2 rings (SSSR count). The summed E-state index contributed by atoms with van der Waals surface area (Å²) in [5.74, 6) is 0. The summed E-state index contributed by atoms with van der Waals surface area (Å²) in [5.41, 5.74) is 0.718. The Bertz CT molecular complexity index is 812. The second-order valence-electron chi connectivity index (χ2n) is 5.58. The van der Waals surface area contributed by atoms with Crippen LogP contribution < -0.4 is 0 Å². The molecule has 27 heavy (non-hydrogen) atoms. The zero-order valence-corrected chi connectivity index (χ0v) is 14.8. The van der Waals surface area contributed by atoms with E-state index in [9.17, 15) is 20.2 Å². The molecule has 0 amide bonds. The second-order valence-corrected chi connectivity index (χ2v) is 5.58. The molecule has 0 aliphatic rings. The number of hydrogen-bond donors (Lipinski definition) is 0. The van der Waals surface area contributed by atoms with E-state index in [2.05, 4.69) is 10.2 Å². The molecule has 2 aromatic carbocycles. The Hall–Kier alpha value is -3.82. The molecule has 0 heterocycles. The molecule has 0 N–H and O–H groups in total. The van der Waals surface area contributed by atoms with Crippen molar-refractivity contribution in [2.24, 2.45) is 10.2 Å². The van der Waals surface area contributed by atoms with Gasteiger partial charge in [-0.05, 0) is 12.1 Å². The quantitative estimate of drug-likeness (QED) is 0.305. The van der Waals surface area contributed by atoms with Gasteiger partial charge in [-0.3, -0.25) is 30.2 Å². The minimum absolute atomic E-state index is 0.0302. The largest absolute Gasteiger partial charge is 0.279 e. The fourth-order valence-corrected chi connectivity index (χ4v) is 2.22. The van der Waals surface area contributed by atoms with Crippen LogP contribution in [0.4, 0.5) is 11.4 Å². The SMILES string of the molecule is CN(CN(C)/N=C/c1ccccc1[N+](=O)[O-])/N=C\c1ccccc1[N+](=O)[O-]. The molecule has 0 saturated carbocycles. The molecule has 0 bridgehead atoms. The van der Waals surface area contributed by atoms with Gasteiger partial charge in [-0.1, -0.05) is 24.3 Å². The summed E-state index contributed by atoms with van der Waals surface area (Å²) < 4.78 is 0.